The summed E-state index contributed by atoms with van der Waals surface area (Å²) in [6.07, 6.45) is 3.10. The van der Waals surface area contributed by atoms with E-state index in [1.54, 1.807) is 24.1 Å². The summed E-state index contributed by atoms with van der Waals surface area (Å²) >= 11 is 6.06. The zero-order chi connectivity index (χ0) is 27.0. The third kappa shape index (κ3) is 7.53. The second-order valence-electron chi connectivity index (χ2n) is 10.6. The number of methoxy groups -OCH3 is 1. The van der Waals surface area contributed by atoms with Crippen LogP contribution in [0.1, 0.15) is 63.4 Å². The first-order chi connectivity index (χ1) is 17.7. The molecule has 0 aromatic heterocycles. The molecule has 2 aliphatic rings. The zero-order valence-electron chi connectivity index (χ0n) is 21.7. The van der Waals surface area contributed by atoms with Crippen molar-refractivity contribution < 1.29 is 28.5 Å². The third-order valence-electron chi connectivity index (χ3n) is 8.12. The largest absolute Gasteiger partial charge is 0.391 e. The van der Waals surface area contributed by atoms with Gasteiger partial charge in [0.2, 0.25) is 0 Å². The van der Waals surface area contributed by atoms with Crippen molar-refractivity contribution in [1.82, 2.24) is 10.2 Å². The number of unbranched alkanes of at least 4 members (excludes halogenated alkanes) is 1. The third-order valence-corrected chi connectivity index (χ3v) is 8.41. The molecule has 0 bridgehead atoms. The summed E-state index contributed by atoms with van der Waals surface area (Å²) in [5, 5.41) is 25.6. The van der Waals surface area contributed by atoms with Crippen molar-refractivity contribution in [3.8, 4) is 0 Å². The minimum absolute atomic E-state index is 0.0525. The Bertz CT molecular complexity index is 874. The number of alkyl halides is 1. The highest BCUT2D eigenvalue weighted by molar-refractivity contribution is 6.30. The Morgan fingerprint density at radius 3 is 2.70 bits per heavy atom. The minimum Gasteiger partial charge on any atom is -0.391 e. The van der Waals surface area contributed by atoms with Crippen molar-refractivity contribution in [2.24, 2.45) is 17.6 Å². The number of nitrogens with zero attached hydrogens (tertiary/aromatic N) is 1. The molecule has 1 heterocycles. The molecule has 5 N–H and O–H groups in total. The Kier molecular flexibility index (Phi) is 11.4. The molecule has 7 nitrogen and oxygen atoms in total. The molecule has 0 radical (unpaired) electrons. The maximum absolute atomic E-state index is 15.1. The fraction of sp³-hybridized carbons (Fsp3) is 0.741. The Balaban J connectivity index is 1.72. The first-order valence-electron chi connectivity index (χ1n) is 13.4. The smallest absolute Gasteiger partial charge is 0.317 e. The molecule has 0 spiro atoms. The van der Waals surface area contributed by atoms with Gasteiger partial charge in [0, 0.05) is 44.8 Å². The summed E-state index contributed by atoms with van der Waals surface area (Å²) in [5.74, 6) is -1.17. The Hall–Kier alpha value is -1.52. The van der Waals surface area contributed by atoms with E-state index in [1.165, 1.54) is 6.07 Å². The van der Waals surface area contributed by atoms with Gasteiger partial charge in [-0.25, -0.2) is 13.6 Å². The van der Waals surface area contributed by atoms with Crippen LogP contribution in [0.4, 0.5) is 13.6 Å². The predicted molar refractivity (Wildman–Crippen MR) is 140 cm³/mol. The zero-order valence-corrected chi connectivity index (χ0v) is 22.4. The Labute approximate surface area is 223 Å². The molecule has 4 unspecified atom stereocenters. The molecular formula is C27H42ClF2N3O4. The molecular weight excluding hydrogens is 504 g/mol. The maximum atomic E-state index is 15.1. The van der Waals surface area contributed by atoms with Crippen LogP contribution in [0.5, 0.6) is 0 Å². The van der Waals surface area contributed by atoms with Gasteiger partial charge in [-0.2, -0.15) is 0 Å². The van der Waals surface area contributed by atoms with Crippen LogP contribution in [-0.2, 0) is 10.3 Å². The van der Waals surface area contributed by atoms with E-state index in [9.17, 15) is 19.4 Å². The number of aliphatic hydroxyl groups excluding tert-OH is 1. The number of piperidine rings is 1. The number of nitrogens with one attached hydrogen (secondary N) is 1. The monoisotopic (exact) mass is 545 g/mol. The normalized spacial score (nSPS) is 25.8. The minimum atomic E-state index is -1.51. The Morgan fingerprint density at radius 2 is 2.03 bits per heavy atom. The first kappa shape index (κ1) is 30.0. The van der Waals surface area contributed by atoms with Gasteiger partial charge in [0.1, 0.15) is 12.0 Å². The average molecular weight is 546 g/mol. The highest BCUT2D eigenvalue weighted by Crippen LogP contribution is 2.42. The second kappa shape index (κ2) is 14.0. The van der Waals surface area contributed by atoms with Crippen molar-refractivity contribution in [1.29, 1.82) is 0 Å². The number of carbonyl (C=O) groups excluding carboxylic acids is 1. The number of carbonyl (C=O) groups is 1. The van der Waals surface area contributed by atoms with Crippen molar-refractivity contribution in [2.75, 3.05) is 33.4 Å². The lowest BCUT2D eigenvalue weighted by Crippen LogP contribution is -2.57. The average Bonchev–Trinajstić information content (AvgIpc) is 2.91. The lowest BCUT2D eigenvalue weighted by Gasteiger charge is -2.43. The summed E-state index contributed by atoms with van der Waals surface area (Å²) in [6, 6.07) is 3.59. The quantitative estimate of drug-likeness (QED) is 0.313. The number of likely N-dealkylation sites (tertiary alicyclic amines) is 1. The van der Waals surface area contributed by atoms with E-state index in [2.05, 4.69) is 5.32 Å². The lowest BCUT2D eigenvalue weighted by atomic mass is 9.74. The van der Waals surface area contributed by atoms with E-state index in [-0.39, 0.29) is 35.6 Å². The molecule has 1 aromatic rings. The van der Waals surface area contributed by atoms with E-state index in [0.29, 0.717) is 70.9 Å². The topological polar surface area (TPSA) is 108 Å². The molecule has 1 saturated carbocycles. The number of hydrogen-bond acceptors (Lipinski definition) is 5. The summed E-state index contributed by atoms with van der Waals surface area (Å²) in [7, 11) is 1.61. The van der Waals surface area contributed by atoms with Gasteiger partial charge in [-0.3, -0.25) is 0 Å². The van der Waals surface area contributed by atoms with Crippen molar-refractivity contribution >= 4 is 17.6 Å². The number of hydrogen-bond donors (Lipinski definition) is 4. The molecule has 10 heteroatoms. The number of rotatable bonds is 11. The molecule has 4 atom stereocenters. The highest BCUT2D eigenvalue weighted by atomic mass is 35.5. The summed E-state index contributed by atoms with van der Waals surface area (Å²) in [5.41, 5.74) is 4.52. The molecule has 2 amide bonds. The Morgan fingerprint density at radius 1 is 1.30 bits per heavy atom. The fourth-order valence-electron chi connectivity index (χ4n) is 5.87. The summed E-state index contributed by atoms with van der Waals surface area (Å²) in [4.78, 5) is 14.8. The van der Waals surface area contributed by atoms with Crippen LogP contribution in [-0.4, -0.2) is 72.8 Å². The lowest BCUT2D eigenvalue weighted by molar-refractivity contribution is -0.0590. The number of aliphatic hydroxyl groups is 2. The SMILES string of the molecule is COCCCCC(O)(c1cccc(Cl)c1F)C1CCCN(C(=O)NC(CN)C(O)C2CCC(F)CC2)C1. The van der Waals surface area contributed by atoms with Crippen LogP contribution in [0.25, 0.3) is 0 Å². The van der Waals surface area contributed by atoms with Gasteiger partial charge < -0.3 is 30.9 Å². The van der Waals surface area contributed by atoms with E-state index in [4.69, 9.17) is 22.1 Å². The number of benzene rings is 1. The van der Waals surface area contributed by atoms with Gasteiger partial charge in [0.25, 0.3) is 0 Å². The molecule has 1 saturated heterocycles. The van der Waals surface area contributed by atoms with E-state index in [0.717, 1.165) is 0 Å². The number of amides is 2. The van der Waals surface area contributed by atoms with Crippen LogP contribution in [0.2, 0.25) is 5.02 Å². The van der Waals surface area contributed by atoms with Gasteiger partial charge in [0.15, 0.2) is 0 Å². The van der Waals surface area contributed by atoms with Crippen molar-refractivity contribution in [3.63, 3.8) is 0 Å². The molecule has 1 aliphatic heterocycles. The van der Waals surface area contributed by atoms with Crippen LogP contribution < -0.4 is 11.1 Å². The van der Waals surface area contributed by atoms with Crippen LogP contribution in [0, 0.1) is 17.7 Å². The van der Waals surface area contributed by atoms with Crippen molar-refractivity contribution in [3.05, 3.63) is 34.6 Å². The van der Waals surface area contributed by atoms with Crippen LogP contribution >= 0.6 is 11.6 Å². The number of halogens is 3. The summed E-state index contributed by atoms with van der Waals surface area (Å²) in [6.45, 7) is 1.28. The molecule has 1 aromatic carbocycles. The maximum Gasteiger partial charge on any atom is 0.317 e. The van der Waals surface area contributed by atoms with E-state index in [1.807, 2.05) is 0 Å². The van der Waals surface area contributed by atoms with Gasteiger partial charge in [0.05, 0.1) is 22.8 Å². The van der Waals surface area contributed by atoms with E-state index < -0.39 is 35.7 Å². The molecule has 37 heavy (non-hydrogen) atoms. The fourth-order valence-corrected chi connectivity index (χ4v) is 6.05. The molecule has 210 valence electrons. The number of ether oxygens (including phenoxy) is 1. The van der Waals surface area contributed by atoms with Crippen molar-refractivity contribution in [2.45, 2.75) is 81.7 Å². The van der Waals surface area contributed by atoms with Gasteiger partial charge in [-0.05, 0) is 69.8 Å². The standard InChI is InChI=1S/C27H42ClF2N3O4/c1-37-15-3-2-13-27(36,21-7-4-8-22(28)24(21)30)19-6-5-14-33(17-19)26(35)32-23(16-31)25(34)18-9-11-20(29)12-10-18/h4,7-8,18-20,23,25,34,36H,2-3,5-6,9-17,31H2,1H3,(H,32,35). The van der Waals surface area contributed by atoms with Gasteiger partial charge in [-0.15, -0.1) is 0 Å². The molecule has 3 rings (SSSR count). The van der Waals surface area contributed by atoms with Crippen LogP contribution in [0.15, 0.2) is 18.2 Å². The summed E-state index contributed by atoms with van der Waals surface area (Å²) < 4.78 is 33.8. The van der Waals surface area contributed by atoms with Gasteiger partial charge >= 0.3 is 6.03 Å². The van der Waals surface area contributed by atoms with Gasteiger partial charge in [-0.1, -0.05) is 23.7 Å². The van der Waals surface area contributed by atoms with Crippen LogP contribution in [0.3, 0.4) is 0 Å². The molecule has 1 aliphatic carbocycles. The first-order valence-corrected chi connectivity index (χ1v) is 13.8. The van der Waals surface area contributed by atoms with E-state index >= 15 is 4.39 Å². The number of urea groups is 1. The molecule has 2 fully saturated rings. The number of nitrogens with two attached hydrogens (primary N) is 1. The predicted octanol–water partition coefficient (Wildman–Crippen LogP) is 4.12. The second-order valence-corrected chi connectivity index (χ2v) is 11.0. The highest BCUT2D eigenvalue weighted by Gasteiger charge is 2.43.